The number of amides is 1. The fraction of sp³-hybridized carbons (Fsp3) is 0.348. The number of nitrogens with one attached hydrogen (secondary N) is 1. The average Bonchev–Trinajstić information content (AvgIpc) is 2.83. The molecule has 4 rings (SSSR count). The predicted molar refractivity (Wildman–Crippen MR) is 118 cm³/mol. The van der Waals surface area contributed by atoms with Crippen LogP contribution in [0.4, 0.5) is 10.2 Å². The molecule has 0 aliphatic carbocycles. The van der Waals surface area contributed by atoms with Crippen LogP contribution in [0.5, 0.6) is 0 Å². The van der Waals surface area contributed by atoms with Gasteiger partial charge in [-0.15, -0.1) is 10.2 Å². The van der Waals surface area contributed by atoms with Gasteiger partial charge in [0.05, 0.1) is 5.69 Å². The van der Waals surface area contributed by atoms with E-state index in [1.165, 1.54) is 22.9 Å². The molecule has 9 heteroatoms. The molecule has 2 aromatic heterocycles. The van der Waals surface area contributed by atoms with Crippen molar-refractivity contribution in [1.29, 1.82) is 0 Å². The summed E-state index contributed by atoms with van der Waals surface area (Å²) in [5.74, 6) is 0.510. The van der Waals surface area contributed by atoms with Crippen molar-refractivity contribution >= 4 is 11.7 Å². The summed E-state index contributed by atoms with van der Waals surface area (Å²) in [5, 5.41) is 15.6. The maximum atomic E-state index is 13.1. The third-order valence-electron chi connectivity index (χ3n) is 5.61. The summed E-state index contributed by atoms with van der Waals surface area (Å²) in [5.41, 5.74) is 1.37. The van der Waals surface area contributed by atoms with Crippen LogP contribution in [0.1, 0.15) is 19.3 Å². The first-order valence-electron chi connectivity index (χ1n) is 10.7. The van der Waals surface area contributed by atoms with Gasteiger partial charge >= 0.3 is 0 Å². The Bertz CT molecular complexity index is 1090. The molecule has 0 spiro atoms. The number of benzene rings is 1. The molecule has 1 saturated heterocycles. The summed E-state index contributed by atoms with van der Waals surface area (Å²) in [6.45, 7) is 2.45. The van der Waals surface area contributed by atoms with Gasteiger partial charge < -0.3 is 10.2 Å². The molecule has 3 heterocycles. The molecular weight excluding hydrogens is 411 g/mol. The highest BCUT2D eigenvalue weighted by Gasteiger charge is 2.25. The van der Waals surface area contributed by atoms with Gasteiger partial charge in [-0.2, -0.15) is 5.10 Å². The fourth-order valence-corrected chi connectivity index (χ4v) is 3.78. The lowest BCUT2D eigenvalue weighted by molar-refractivity contribution is -0.125. The monoisotopic (exact) mass is 436 g/mol. The van der Waals surface area contributed by atoms with Gasteiger partial charge in [-0.1, -0.05) is 0 Å². The largest absolute Gasteiger partial charge is 0.356 e. The quantitative estimate of drug-likeness (QED) is 0.571. The molecule has 32 heavy (non-hydrogen) atoms. The Morgan fingerprint density at radius 1 is 1.06 bits per heavy atom. The van der Waals surface area contributed by atoms with Crippen molar-refractivity contribution in [3.63, 3.8) is 0 Å². The molecule has 1 fully saturated rings. The van der Waals surface area contributed by atoms with Crippen LogP contribution in [0.2, 0.25) is 0 Å². The number of nitrogens with zero attached hydrogens (tertiary/aromatic N) is 5. The number of hydrogen-bond donors (Lipinski definition) is 1. The molecule has 0 radical (unpaired) electrons. The summed E-state index contributed by atoms with van der Waals surface area (Å²) >= 11 is 0. The molecule has 3 aromatic rings. The standard InChI is InChI=1S/C23H25FN6O2/c24-19-6-4-17(5-7-19)20-8-9-21(28-27-20)29-15-10-18(11-16-29)23(32)25-12-2-14-30-22(31)3-1-13-26-30/h1,3-9,13,18H,2,10-12,14-16H2,(H,25,32). The second kappa shape index (κ2) is 10.1. The third-order valence-corrected chi connectivity index (χ3v) is 5.61. The first kappa shape index (κ1) is 21.6. The van der Waals surface area contributed by atoms with Crippen molar-refractivity contribution in [2.24, 2.45) is 5.92 Å². The molecule has 0 unspecified atom stereocenters. The topological polar surface area (TPSA) is 93.0 Å². The van der Waals surface area contributed by atoms with Gasteiger partial charge in [0.2, 0.25) is 5.91 Å². The summed E-state index contributed by atoms with van der Waals surface area (Å²) in [6.07, 6.45) is 3.71. The van der Waals surface area contributed by atoms with E-state index >= 15 is 0 Å². The van der Waals surface area contributed by atoms with E-state index in [2.05, 4.69) is 25.5 Å². The zero-order valence-electron chi connectivity index (χ0n) is 17.7. The van der Waals surface area contributed by atoms with Crippen molar-refractivity contribution < 1.29 is 9.18 Å². The van der Waals surface area contributed by atoms with Crippen molar-refractivity contribution in [3.8, 4) is 11.3 Å². The van der Waals surface area contributed by atoms with Crippen LogP contribution in [0.3, 0.4) is 0 Å². The molecule has 1 aromatic carbocycles. The van der Waals surface area contributed by atoms with Crippen molar-refractivity contribution in [2.45, 2.75) is 25.8 Å². The van der Waals surface area contributed by atoms with Gasteiger partial charge in [0, 0.05) is 49.9 Å². The summed E-state index contributed by atoms with van der Waals surface area (Å²) in [6, 6.07) is 13.0. The van der Waals surface area contributed by atoms with Crippen molar-refractivity contribution in [2.75, 3.05) is 24.5 Å². The molecule has 0 atom stereocenters. The Kier molecular flexibility index (Phi) is 6.84. The fourth-order valence-electron chi connectivity index (χ4n) is 3.78. The highest BCUT2D eigenvalue weighted by Crippen LogP contribution is 2.23. The first-order valence-corrected chi connectivity index (χ1v) is 10.7. The number of carbonyl (C=O) groups excluding carboxylic acids is 1. The lowest BCUT2D eigenvalue weighted by atomic mass is 9.96. The molecule has 1 amide bonds. The number of halogens is 1. The summed E-state index contributed by atoms with van der Waals surface area (Å²) < 4.78 is 14.5. The average molecular weight is 436 g/mol. The summed E-state index contributed by atoms with van der Waals surface area (Å²) in [4.78, 5) is 26.2. The molecular formula is C23H25FN6O2. The van der Waals surface area contributed by atoms with Crippen LogP contribution in [0.15, 0.2) is 59.5 Å². The second-order valence-corrected chi connectivity index (χ2v) is 7.77. The minimum absolute atomic E-state index is 0.0322. The SMILES string of the molecule is O=C(NCCCn1ncccc1=O)C1CCN(c2ccc(-c3ccc(F)cc3)nn2)CC1. The molecule has 166 valence electrons. The van der Waals surface area contributed by atoms with E-state index in [1.807, 2.05) is 12.1 Å². The number of hydrogen-bond acceptors (Lipinski definition) is 6. The molecule has 0 bridgehead atoms. The number of rotatable bonds is 7. The third kappa shape index (κ3) is 5.35. The zero-order chi connectivity index (χ0) is 22.3. The van der Waals surface area contributed by atoms with Crippen molar-refractivity contribution in [3.05, 3.63) is 70.9 Å². The van der Waals surface area contributed by atoms with Crippen molar-refractivity contribution in [1.82, 2.24) is 25.3 Å². The Morgan fingerprint density at radius 3 is 2.53 bits per heavy atom. The first-order chi connectivity index (χ1) is 15.6. The second-order valence-electron chi connectivity index (χ2n) is 7.77. The maximum absolute atomic E-state index is 13.1. The van der Waals surface area contributed by atoms with Crippen LogP contribution in [-0.4, -0.2) is 45.5 Å². The van der Waals surface area contributed by atoms with Crippen LogP contribution in [0, 0.1) is 11.7 Å². The van der Waals surface area contributed by atoms with Crippen LogP contribution in [-0.2, 0) is 11.3 Å². The van der Waals surface area contributed by atoms with Gasteiger partial charge in [0.25, 0.3) is 5.56 Å². The molecule has 1 aliphatic rings. The highest BCUT2D eigenvalue weighted by atomic mass is 19.1. The van der Waals surface area contributed by atoms with Gasteiger partial charge in [-0.05, 0) is 61.7 Å². The normalized spacial score (nSPS) is 14.3. The van der Waals surface area contributed by atoms with E-state index in [0.717, 1.165) is 37.3 Å². The van der Waals surface area contributed by atoms with Gasteiger partial charge in [0.1, 0.15) is 5.82 Å². The summed E-state index contributed by atoms with van der Waals surface area (Å²) in [7, 11) is 0. The van der Waals surface area contributed by atoms with E-state index in [0.29, 0.717) is 25.2 Å². The molecule has 1 N–H and O–H groups in total. The van der Waals surface area contributed by atoms with Gasteiger partial charge in [0.15, 0.2) is 5.82 Å². The lowest BCUT2D eigenvalue weighted by Crippen LogP contribution is -2.41. The van der Waals surface area contributed by atoms with E-state index in [-0.39, 0.29) is 23.2 Å². The number of carbonyl (C=O) groups is 1. The molecule has 8 nitrogen and oxygen atoms in total. The van der Waals surface area contributed by atoms with E-state index < -0.39 is 0 Å². The Hall–Kier alpha value is -3.62. The van der Waals surface area contributed by atoms with Crippen LogP contribution < -0.4 is 15.8 Å². The number of anilines is 1. The minimum atomic E-state index is -0.283. The minimum Gasteiger partial charge on any atom is -0.356 e. The Morgan fingerprint density at radius 2 is 1.84 bits per heavy atom. The lowest BCUT2D eigenvalue weighted by Gasteiger charge is -2.31. The maximum Gasteiger partial charge on any atom is 0.266 e. The Balaban J connectivity index is 1.22. The Labute approximate surface area is 185 Å². The van der Waals surface area contributed by atoms with Gasteiger partial charge in [-0.3, -0.25) is 9.59 Å². The molecule has 0 saturated carbocycles. The number of aromatic nitrogens is 4. The zero-order valence-corrected chi connectivity index (χ0v) is 17.7. The highest BCUT2D eigenvalue weighted by molar-refractivity contribution is 5.78. The van der Waals surface area contributed by atoms with Gasteiger partial charge in [-0.25, -0.2) is 9.07 Å². The van der Waals surface area contributed by atoms with Crippen LogP contribution in [0.25, 0.3) is 11.3 Å². The number of piperidine rings is 1. The number of aryl methyl sites for hydroxylation is 1. The van der Waals surface area contributed by atoms with Crippen LogP contribution >= 0.6 is 0 Å². The smallest absolute Gasteiger partial charge is 0.266 e. The van der Waals surface area contributed by atoms with E-state index in [9.17, 15) is 14.0 Å². The predicted octanol–water partition coefficient (Wildman–Crippen LogP) is 2.26. The molecule has 1 aliphatic heterocycles. The van der Waals surface area contributed by atoms with E-state index in [4.69, 9.17) is 0 Å². The van der Waals surface area contributed by atoms with E-state index in [1.54, 1.807) is 24.4 Å².